The van der Waals surface area contributed by atoms with E-state index in [1.54, 1.807) is 0 Å². The number of carbonyl (C=O) groups excluding carboxylic acids is 1. The third kappa shape index (κ3) is 4.06. The van der Waals surface area contributed by atoms with Gasteiger partial charge < -0.3 is 5.32 Å². The van der Waals surface area contributed by atoms with Crippen LogP contribution in [0.1, 0.15) is 29.9 Å². The minimum Gasteiger partial charge on any atom is -0.348 e. The second kappa shape index (κ2) is 6.84. The van der Waals surface area contributed by atoms with Crippen molar-refractivity contribution in [3.05, 3.63) is 27.1 Å². The van der Waals surface area contributed by atoms with Gasteiger partial charge >= 0.3 is 5.00 Å². The lowest BCUT2D eigenvalue weighted by Crippen LogP contribution is -2.38. The Morgan fingerprint density at radius 2 is 2.22 bits per heavy atom. The minimum absolute atomic E-state index is 0.0123. The van der Waals surface area contributed by atoms with Crippen molar-refractivity contribution in [2.24, 2.45) is 5.92 Å². The number of amides is 1. The van der Waals surface area contributed by atoms with Gasteiger partial charge in [0.15, 0.2) is 0 Å². The van der Waals surface area contributed by atoms with Crippen LogP contribution in [0.15, 0.2) is 12.1 Å². The monoisotopic (exact) mass is 334 g/mol. The third-order valence-corrected chi connectivity index (χ3v) is 4.03. The van der Waals surface area contributed by atoms with E-state index < -0.39 is 4.92 Å². The number of hydrogen-bond donors (Lipinski definition) is 1. The standard InChI is InChI=1S/C11H15BrN2O3S/c1-7(2)8(5-6-12)13-11(15)9-3-4-10(18-9)14(16)17/h3-4,7-8H,5-6H2,1-2H3,(H,13,15). The van der Waals surface area contributed by atoms with Crippen LogP contribution >= 0.6 is 27.3 Å². The van der Waals surface area contributed by atoms with Gasteiger partial charge in [0, 0.05) is 17.4 Å². The summed E-state index contributed by atoms with van der Waals surface area (Å²) in [5, 5.41) is 14.2. The van der Waals surface area contributed by atoms with Gasteiger partial charge in [-0.25, -0.2) is 0 Å². The number of halogens is 1. The number of rotatable bonds is 6. The maximum absolute atomic E-state index is 11.9. The molecular weight excluding hydrogens is 320 g/mol. The van der Waals surface area contributed by atoms with E-state index in [0.29, 0.717) is 10.8 Å². The lowest BCUT2D eigenvalue weighted by Gasteiger charge is -2.20. The summed E-state index contributed by atoms with van der Waals surface area (Å²) in [6.45, 7) is 4.06. The maximum Gasteiger partial charge on any atom is 0.324 e. The first-order valence-corrected chi connectivity index (χ1v) is 7.50. The molecule has 1 amide bonds. The molecule has 1 heterocycles. The normalized spacial score (nSPS) is 12.4. The van der Waals surface area contributed by atoms with Crippen molar-refractivity contribution < 1.29 is 9.72 Å². The molecule has 1 aromatic heterocycles. The van der Waals surface area contributed by atoms with E-state index in [9.17, 15) is 14.9 Å². The van der Waals surface area contributed by atoms with Gasteiger partial charge in [0.25, 0.3) is 5.91 Å². The summed E-state index contributed by atoms with van der Waals surface area (Å²) in [6.07, 6.45) is 0.830. The second-order valence-electron chi connectivity index (χ2n) is 4.20. The molecule has 0 spiro atoms. The van der Waals surface area contributed by atoms with Gasteiger partial charge in [-0.1, -0.05) is 41.1 Å². The SMILES string of the molecule is CC(C)C(CCBr)NC(=O)c1ccc([N+](=O)[O-])s1. The van der Waals surface area contributed by atoms with E-state index in [1.165, 1.54) is 12.1 Å². The molecule has 0 aliphatic rings. The van der Waals surface area contributed by atoms with Crippen LogP contribution in [0, 0.1) is 16.0 Å². The molecule has 1 N–H and O–H groups in total. The van der Waals surface area contributed by atoms with Crippen molar-refractivity contribution in [1.82, 2.24) is 5.32 Å². The van der Waals surface area contributed by atoms with Crippen molar-refractivity contribution >= 4 is 38.2 Å². The Labute approximate surface area is 118 Å². The van der Waals surface area contributed by atoms with E-state index in [2.05, 4.69) is 21.2 Å². The fraction of sp³-hybridized carbons (Fsp3) is 0.545. The van der Waals surface area contributed by atoms with Crippen LogP contribution in [-0.2, 0) is 0 Å². The Kier molecular flexibility index (Phi) is 5.74. The Morgan fingerprint density at radius 3 is 2.67 bits per heavy atom. The zero-order valence-electron chi connectivity index (χ0n) is 10.2. The van der Waals surface area contributed by atoms with E-state index >= 15 is 0 Å². The van der Waals surface area contributed by atoms with Gasteiger partial charge in [0.1, 0.15) is 0 Å². The van der Waals surface area contributed by atoms with Crippen molar-refractivity contribution in [3.63, 3.8) is 0 Å². The van der Waals surface area contributed by atoms with Crippen LogP contribution < -0.4 is 5.32 Å². The number of nitro groups is 1. The molecule has 1 rings (SSSR count). The third-order valence-electron chi connectivity index (χ3n) is 2.54. The van der Waals surface area contributed by atoms with Crippen LogP contribution in [-0.4, -0.2) is 22.2 Å². The van der Waals surface area contributed by atoms with Crippen molar-refractivity contribution in [1.29, 1.82) is 0 Å². The number of alkyl halides is 1. The molecular formula is C11H15BrN2O3S. The molecule has 1 aromatic rings. The number of thiophene rings is 1. The Hall–Kier alpha value is -0.950. The van der Waals surface area contributed by atoms with Gasteiger partial charge in [-0.3, -0.25) is 14.9 Å². The quantitative estimate of drug-likeness (QED) is 0.493. The highest BCUT2D eigenvalue weighted by molar-refractivity contribution is 9.09. The molecule has 0 aromatic carbocycles. The number of nitrogens with one attached hydrogen (secondary N) is 1. The fourth-order valence-corrected chi connectivity index (χ4v) is 2.69. The van der Waals surface area contributed by atoms with Crippen LogP contribution in [0.2, 0.25) is 0 Å². The Bertz CT molecular complexity index is 434. The first-order chi connectivity index (χ1) is 8.45. The van der Waals surface area contributed by atoms with Gasteiger partial charge in [-0.2, -0.15) is 0 Å². The molecule has 5 nitrogen and oxygen atoms in total. The lowest BCUT2D eigenvalue weighted by atomic mass is 10.0. The van der Waals surface area contributed by atoms with Crippen LogP contribution in [0.4, 0.5) is 5.00 Å². The number of nitrogens with zero attached hydrogens (tertiary/aromatic N) is 1. The van der Waals surface area contributed by atoms with Crippen molar-refractivity contribution in [2.45, 2.75) is 26.3 Å². The first kappa shape index (κ1) is 15.1. The average Bonchev–Trinajstić information content (AvgIpc) is 2.77. The average molecular weight is 335 g/mol. The van der Waals surface area contributed by atoms with E-state index in [1.807, 2.05) is 13.8 Å². The van der Waals surface area contributed by atoms with Gasteiger partial charge in [0.2, 0.25) is 0 Å². The zero-order valence-corrected chi connectivity index (χ0v) is 12.6. The lowest BCUT2D eigenvalue weighted by molar-refractivity contribution is -0.380. The molecule has 1 unspecified atom stereocenters. The molecule has 0 aliphatic carbocycles. The Morgan fingerprint density at radius 1 is 1.56 bits per heavy atom. The summed E-state index contributed by atoms with van der Waals surface area (Å²) >= 11 is 4.25. The maximum atomic E-state index is 11.9. The van der Waals surface area contributed by atoms with Crippen molar-refractivity contribution in [2.75, 3.05) is 5.33 Å². The topological polar surface area (TPSA) is 72.2 Å². The zero-order chi connectivity index (χ0) is 13.7. The summed E-state index contributed by atoms with van der Waals surface area (Å²) in [4.78, 5) is 22.4. The van der Waals surface area contributed by atoms with E-state index in [-0.39, 0.29) is 17.0 Å². The highest BCUT2D eigenvalue weighted by atomic mass is 79.9. The minimum atomic E-state index is -0.486. The first-order valence-electron chi connectivity index (χ1n) is 5.56. The Balaban J connectivity index is 2.71. The largest absolute Gasteiger partial charge is 0.348 e. The van der Waals surface area contributed by atoms with Crippen LogP contribution in [0.25, 0.3) is 0 Å². The van der Waals surface area contributed by atoms with Crippen LogP contribution in [0.3, 0.4) is 0 Å². The second-order valence-corrected chi connectivity index (χ2v) is 6.05. The molecule has 1 atom stereocenters. The summed E-state index contributed by atoms with van der Waals surface area (Å²) in [5.74, 6) is 0.0780. The van der Waals surface area contributed by atoms with E-state index in [4.69, 9.17) is 0 Å². The number of hydrogen-bond acceptors (Lipinski definition) is 4. The molecule has 0 saturated carbocycles. The summed E-state index contributed by atoms with van der Waals surface area (Å²) in [5.41, 5.74) is 0. The van der Waals surface area contributed by atoms with Gasteiger partial charge in [0.05, 0.1) is 9.80 Å². The molecule has 0 radical (unpaired) electrons. The van der Waals surface area contributed by atoms with Crippen LogP contribution in [0.5, 0.6) is 0 Å². The molecule has 100 valence electrons. The van der Waals surface area contributed by atoms with Crippen molar-refractivity contribution in [3.8, 4) is 0 Å². The molecule has 7 heteroatoms. The fourth-order valence-electron chi connectivity index (χ4n) is 1.48. The molecule has 0 fully saturated rings. The van der Waals surface area contributed by atoms with Gasteiger partial charge in [-0.15, -0.1) is 0 Å². The highest BCUT2D eigenvalue weighted by Crippen LogP contribution is 2.24. The number of carbonyl (C=O) groups is 1. The predicted octanol–water partition coefficient (Wildman–Crippen LogP) is 3.20. The summed E-state index contributed by atoms with van der Waals surface area (Å²) in [6, 6.07) is 2.91. The highest BCUT2D eigenvalue weighted by Gasteiger charge is 2.19. The predicted molar refractivity (Wildman–Crippen MR) is 75.5 cm³/mol. The smallest absolute Gasteiger partial charge is 0.324 e. The molecule has 0 saturated heterocycles. The summed E-state index contributed by atoms with van der Waals surface area (Å²) in [7, 11) is 0. The van der Waals surface area contributed by atoms with Gasteiger partial charge in [-0.05, 0) is 18.4 Å². The molecule has 0 aliphatic heterocycles. The molecule has 0 bridgehead atoms. The van der Waals surface area contributed by atoms with E-state index in [0.717, 1.165) is 23.1 Å². The summed E-state index contributed by atoms with van der Waals surface area (Å²) < 4.78 is 0. The molecule has 18 heavy (non-hydrogen) atoms.